The quantitative estimate of drug-likeness (QED) is 0.157. The molecular formula is C37H29NO5. The van der Waals surface area contributed by atoms with Gasteiger partial charge in [-0.3, -0.25) is 9.59 Å². The van der Waals surface area contributed by atoms with Gasteiger partial charge in [0.25, 0.3) is 11.8 Å². The maximum atomic E-state index is 13.9. The van der Waals surface area contributed by atoms with Gasteiger partial charge in [0.2, 0.25) is 0 Å². The number of carboxylic acids is 1. The first-order valence-corrected chi connectivity index (χ1v) is 14.0. The molecule has 6 heteroatoms. The van der Waals surface area contributed by atoms with Crippen molar-refractivity contribution in [2.45, 2.75) is 26.2 Å². The highest BCUT2D eigenvalue weighted by molar-refractivity contribution is 6.26. The fourth-order valence-electron chi connectivity index (χ4n) is 4.72. The predicted octanol–water partition coefficient (Wildman–Crippen LogP) is 7.47. The zero-order valence-electron chi connectivity index (χ0n) is 23.6. The second-order valence-corrected chi connectivity index (χ2v) is 10.1. The topological polar surface area (TPSA) is 94.9 Å². The molecule has 0 aliphatic carbocycles. The molecule has 2 N–H and O–H groups in total. The van der Waals surface area contributed by atoms with Crippen molar-refractivity contribution >= 4 is 34.2 Å². The third-order valence-corrected chi connectivity index (χ3v) is 7.13. The molecule has 0 atom stereocenters. The van der Waals surface area contributed by atoms with Crippen LogP contribution in [-0.2, 0) is 6.42 Å². The van der Waals surface area contributed by atoms with Crippen LogP contribution < -0.4 is 4.90 Å². The summed E-state index contributed by atoms with van der Waals surface area (Å²) in [5.74, 6) is 3.10. The second kappa shape index (κ2) is 12.9. The van der Waals surface area contributed by atoms with E-state index in [0.29, 0.717) is 5.56 Å². The summed E-state index contributed by atoms with van der Waals surface area (Å²) in [5, 5.41) is 21.3. The van der Waals surface area contributed by atoms with Crippen LogP contribution >= 0.6 is 0 Å². The third-order valence-electron chi connectivity index (χ3n) is 7.13. The number of aryl methyl sites for hydroxylation is 1. The van der Waals surface area contributed by atoms with E-state index < -0.39 is 29.1 Å². The van der Waals surface area contributed by atoms with Gasteiger partial charge >= 0.3 is 5.97 Å². The summed E-state index contributed by atoms with van der Waals surface area (Å²) in [5.41, 5.74) is 2.91. The molecule has 5 rings (SSSR count). The van der Waals surface area contributed by atoms with Crippen LogP contribution in [0.5, 0.6) is 5.75 Å². The molecule has 0 saturated carbocycles. The van der Waals surface area contributed by atoms with Crippen molar-refractivity contribution in [3.05, 3.63) is 143 Å². The standard InChI is InChI=1S/C37H29NO5/c1-2-3-6-25-9-11-26(12-10-25)13-14-27-15-17-29(18-16-27)35(40)38(32-21-22-34(39)33(24-32)37(42)43)36(41)31-20-19-28-7-4-5-8-30(28)23-31/h4-5,7-12,15-24,39H,2-3,6H2,1H3,(H,42,43). The number of amides is 2. The molecule has 2 amide bonds. The Hall–Kier alpha value is -5.67. The zero-order chi connectivity index (χ0) is 30.3. The van der Waals surface area contributed by atoms with Crippen molar-refractivity contribution in [1.29, 1.82) is 0 Å². The van der Waals surface area contributed by atoms with Gasteiger partial charge in [-0.1, -0.05) is 67.6 Å². The van der Waals surface area contributed by atoms with Gasteiger partial charge in [0.1, 0.15) is 11.3 Å². The van der Waals surface area contributed by atoms with E-state index in [1.807, 2.05) is 36.4 Å². The largest absolute Gasteiger partial charge is 0.507 e. The van der Waals surface area contributed by atoms with Crippen molar-refractivity contribution in [1.82, 2.24) is 0 Å². The molecule has 0 bridgehead atoms. The third kappa shape index (κ3) is 6.64. The predicted molar refractivity (Wildman–Crippen MR) is 168 cm³/mol. The SMILES string of the molecule is CCCCc1ccc(C#Cc2ccc(C(=O)N(C(=O)c3ccc4ccccc4c3)c3ccc(O)c(C(=O)O)c3)cc2)cc1. The monoisotopic (exact) mass is 567 g/mol. The molecule has 5 aromatic carbocycles. The van der Waals surface area contributed by atoms with Gasteiger partial charge in [0.05, 0.1) is 5.69 Å². The molecule has 0 aliphatic heterocycles. The Bertz CT molecular complexity index is 1880. The minimum absolute atomic E-state index is 0.0182. The van der Waals surface area contributed by atoms with Gasteiger partial charge < -0.3 is 10.2 Å². The number of imide groups is 1. The number of unbranched alkanes of at least 4 members (excludes halogenated alkanes) is 1. The average Bonchev–Trinajstić information content (AvgIpc) is 3.03. The first-order chi connectivity index (χ1) is 20.8. The smallest absolute Gasteiger partial charge is 0.339 e. The first-order valence-electron chi connectivity index (χ1n) is 14.0. The lowest BCUT2D eigenvalue weighted by molar-refractivity contribution is 0.0692. The number of nitrogens with zero attached hydrogens (tertiary/aromatic N) is 1. The molecule has 6 nitrogen and oxygen atoms in total. The summed E-state index contributed by atoms with van der Waals surface area (Å²) in [6.07, 6.45) is 3.34. The van der Waals surface area contributed by atoms with Crippen molar-refractivity contribution in [2.75, 3.05) is 4.90 Å². The van der Waals surface area contributed by atoms with E-state index in [9.17, 15) is 24.6 Å². The summed E-state index contributed by atoms with van der Waals surface area (Å²) in [4.78, 5) is 40.3. The van der Waals surface area contributed by atoms with E-state index in [4.69, 9.17) is 0 Å². The number of benzene rings is 5. The Morgan fingerprint density at radius 3 is 1.95 bits per heavy atom. The van der Waals surface area contributed by atoms with Gasteiger partial charge in [-0.2, -0.15) is 0 Å². The lowest BCUT2D eigenvalue weighted by atomic mass is 10.0. The van der Waals surface area contributed by atoms with E-state index >= 15 is 0 Å². The highest BCUT2D eigenvalue weighted by Gasteiger charge is 2.27. The molecule has 0 aliphatic rings. The number of carbonyl (C=O) groups is 3. The number of aromatic hydroxyl groups is 1. The average molecular weight is 568 g/mol. The van der Waals surface area contributed by atoms with Gasteiger partial charge in [-0.15, -0.1) is 0 Å². The van der Waals surface area contributed by atoms with Crippen LogP contribution in [0.2, 0.25) is 0 Å². The molecule has 0 radical (unpaired) electrons. The van der Waals surface area contributed by atoms with Crippen molar-refractivity contribution < 1.29 is 24.6 Å². The van der Waals surface area contributed by atoms with Crippen LogP contribution in [0.25, 0.3) is 10.8 Å². The van der Waals surface area contributed by atoms with Crippen LogP contribution in [-0.4, -0.2) is 28.0 Å². The first kappa shape index (κ1) is 28.8. The van der Waals surface area contributed by atoms with Gasteiger partial charge in [-0.05, 0) is 95.9 Å². The Morgan fingerprint density at radius 1 is 0.698 bits per heavy atom. The highest BCUT2D eigenvalue weighted by Crippen LogP contribution is 2.28. The lowest BCUT2D eigenvalue weighted by Gasteiger charge is -2.22. The molecule has 0 saturated heterocycles. The van der Waals surface area contributed by atoms with E-state index in [2.05, 4.69) is 30.9 Å². The highest BCUT2D eigenvalue weighted by atomic mass is 16.4. The Balaban J connectivity index is 1.46. The van der Waals surface area contributed by atoms with Crippen molar-refractivity contribution in [3.63, 3.8) is 0 Å². The van der Waals surface area contributed by atoms with E-state index in [1.54, 1.807) is 42.5 Å². The van der Waals surface area contributed by atoms with Gasteiger partial charge in [0, 0.05) is 22.3 Å². The number of fused-ring (bicyclic) bond motifs is 1. The number of aromatic carboxylic acids is 1. The van der Waals surface area contributed by atoms with Crippen LogP contribution in [0.15, 0.2) is 109 Å². The van der Waals surface area contributed by atoms with Crippen molar-refractivity contribution in [3.8, 4) is 17.6 Å². The van der Waals surface area contributed by atoms with Crippen LogP contribution in [0.1, 0.15) is 67.5 Å². The number of rotatable bonds is 7. The normalized spacial score (nSPS) is 10.5. The maximum Gasteiger partial charge on any atom is 0.339 e. The van der Waals surface area contributed by atoms with Crippen molar-refractivity contribution in [2.24, 2.45) is 0 Å². The minimum atomic E-state index is -1.39. The molecule has 0 unspecified atom stereocenters. The summed E-state index contributed by atoms with van der Waals surface area (Å²) in [7, 11) is 0. The number of carbonyl (C=O) groups excluding carboxylic acids is 2. The molecule has 5 aromatic rings. The van der Waals surface area contributed by atoms with Crippen LogP contribution in [0.3, 0.4) is 0 Å². The minimum Gasteiger partial charge on any atom is -0.507 e. The number of hydrogen-bond acceptors (Lipinski definition) is 4. The molecule has 0 spiro atoms. The number of anilines is 1. The Kier molecular flexibility index (Phi) is 8.64. The van der Waals surface area contributed by atoms with Crippen LogP contribution in [0, 0.1) is 11.8 Å². The summed E-state index contributed by atoms with van der Waals surface area (Å²) >= 11 is 0. The summed E-state index contributed by atoms with van der Waals surface area (Å²) < 4.78 is 0. The molecule has 0 heterocycles. The molecule has 0 aromatic heterocycles. The number of phenols is 1. The summed E-state index contributed by atoms with van der Waals surface area (Å²) in [6.45, 7) is 2.17. The van der Waals surface area contributed by atoms with Gasteiger partial charge in [-0.25, -0.2) is 9.69 Å². The Labute approximate surface area is 249 Å². The second-order valence-electron chi connectivity index (χ2n) is 10.1. The molecule has 43 heavy (non-hydrogen) atoms. The molecule has 0 fully saturated rings. The van der Waals surface area contributed by atoms with Gasteiger partial charge in [0.15, 0.2) is 0 Å². The number of hydrogen-bond donors (Lipinski definition) is 2. The van der Waals surface area contributed by atoms with E-state index in [0.717, 1.165) is 52.6 Å². The maximum absolute atomic E-state index is 13.9. The fraction of sp³-hybridized carbons (Fsp3) is 0.108. The lowest BCUT2D eigenvalue weighted by Crippen LogP contribution is -2.37. The van der Waals surface area contributed by atoms with E-state index in [-0.39, 0.29) is 16.8 Å². The Morgan fingerprint density at radius 2 is 1.30 bits per heavy atom. The van der Waals surface area contributed by atoms with E-state index in [1.165, 1.54) is 11.6 Å². The van der Waals surface area contributed by atoms with Crippen LogP contribution in [0.4, 0.5) is 5.69 Å². The molecule has 212 valence electrons. The zero-order valence-corrected chi connectivity index (χ0v) is 23.6. The fourth-order valence-corrected chi connectivity index (χ4v) is 4.72. The number of carboxylic acid groups (broad SMARTS) is 1. The molecular weight excluding hydrogens is 538 g/mol. The summed E-state index contributed by atoms with van der Waals surface area (Å²) in [6, 6.07) is 31.0.